The first-order chi connectivity index (χ1) is 17.3. The lowest BCUT2D eigenvalue weighted by Crippen LogP contribution is -1.95. The molecule has 0 amide bonds. The number of benzene rings is 5. The predicted octanol–water partition coefficient (Wildman–Crippen LogP) is 7.78. The fraction of sp³-hybridized carbons (Fsp3) is 0. The summed E-state index contributed by atoms with van der Waals surface area (Å²) in [5, 5.41) is 2.32. The van der Waals surface area contributed by atoms with Crippen molar-refractivity contribution in [3.63, 3.8) is 0 Å². The molecule has 6 aromatic rings. The van der Waals surface area contributed by atoms with E-state index in [-0.39, 0.29) is 5.78 Å². The summed E-state index contributed by atoms with van der Waals surface area (Å²) in [6, 6.07) is 38.8. The smallest absolute Gasteiger partial charge is 0.194 e. The molecule has 0 bridgehead atoms. The summed E-state index contributed by atoms with van der Waals surface area (Å²) < 4.78 is 0. The highest BCUT2D eigenvalue weighted by Gasteiger charge is 2.27. The van der Waals surface area contributed by atoms with Crippen LogP contribution in [0.2, 0.25) is 0 Å². The van der Waals surface area contributed by atoms with Crippen LogP contribution in [0, 0.1) is 0 Å². The molecular formula is C32H20N2O. The molecule has 7 rings (SSSR count). The quantitative estimate of drug-likeness (QED) is 0.300. The molecule has 0 saturated carbocycles. The maximum atomic E-state index is 13.2. The molecule has 1 N–H and O–H groups in total. The first kappa shape index (κ1) is 19.7. The Morgan fingerprint density at radius 3 is 2.11 bits per heavy atom. The van der Waals surface area contributed by atoms with Crippen LogP contribution in [0.5, 0.6) is 0 Å². The van der Waals surface area contributed by atoms with Gasteiger partial charge in [-0.15, -0.1) is 0 Å². The molecule has 1 aliphatic rings. The average Bonchev–Trinajstić information content (AvgIpc) is 3.49. The number of aromatic amines is 1. The van der Waals surface area contributed by atoms with E-state index in [0.29, 0.717) is 0 Å². The van der Waals surface area contributed by atoms with Crippen molar-refractivity contribution >= 4 is 16.6 Å². The lowest BCUT2D eigenvalue weighted by molar-refractivity contribution is 0.104. The van der Waals surface area contributed by atoms with Crippen molar-refractivity contribution in [1.29, 1.82) is 0 Å². The van der Waals surface area contributed by atoms with E-state index in [1.54, 1.807) is 0 Å². The van der Waals surface area contributed by atoms with Crippen LogP contribution in [0.4, 0.5) is 0 Å². The third-order valence-corrected chi connectivity index (χ3v) is 6.81. The van der Waals surface area contributed by atoms with Gasteiger partial charge in [0, 0.05) is 27.8 Å². The lowest BCUT2D eigenvalue weighted by Gasteiger charge is -2.06. The Morgan fingerprint density at radius 1 is 0.543 bits per heavy atom. The number of nitrogens with zero attached hydrogens (tertiary/aromatic N) is 1. The molecule has 0 aliphatic heterocycles. The zero-order valence-corrected chi connectivity index (χ0v) is 18.8. The van der Waals surface area contributed by atoms with Crippen LogP contribution in [0.3, 0.4) is 0 Å². The molecule has 0 spiro atoms. The molecule has 1 aromatic heterocycles. The summed E-state index contributed by atoms with van der Waals surface area (Å²) in [5.41, 5.74) is 8.29. The van der Waals surface area contributed by atoms with Gasteiger partial charge in [0.05, 0.1) is 11.4 Å². The minimum absolute atomic E-state index is 0.0727. The number of hydrogen-bond acceptors (Lipinski definition) is 2. The van der Waals surface area contributed by atoms with E-state index in [2.05, 4.69) is 71.7 Å². The Balaban J connectivity index is 1.44. The maximum Gasteiger partial charge on any atom is 0.194 e. The van der Waals surface area contributed by atoms with E-state index in [4.69, 9.17) is 4.98 Å². The second-order valence-corrected chi connectivity index (χ2v) is 8.84. The molecule has 0 fully saturated rings. The molecule has 0 radical (unpaired) electrons. The molecular weight excluding hydrogens is 428 g/mol. The number of imidazole rings is 1. The number of nitrogens with one attached hydrogen (secondary N) is 1. The van der Waals surface area contributed by atoms with Crippen LogP contribution in [-0.4, -0.2) is 15.8 Å². The van der Waals surface area contributed by atoms with E-state index in [0.717, 1.165) is 61.5 Å². The van der Waals surface area contributed by atoms with Gasteiger partial charge in [-0.1, -0.05) is 109 Å². The first-order valence-electron chi connectivity index (χ1n) is 11.7. The van der Waals surface area contributed by atoms with Gasteiger partial charge < -0.3 is 4.98 Å². The number of carbonyl (C=O) groups is 1. The second kappa shape index (κ2) is 7.64. The van der Waals surface area contributed by atoms with E-state index in [1.165, 1.54) is 5.39 Å². The first-order valence-corrected chi connectivity index (χ1v) is 11.7. The van der Waals surface area contributed by atoms with Gasteiger partial charge in [0.1, 0.15) is 5.82 Å². The van der Waals surface area contributed by atoms with Crippen molar-refractivity contribution in [2.45, 2.75) is 0 Å². The monoisotopic (exact) mass is 448 g/mol. The van der Waals surface area contributed by atoms with E-state index in [1.807, 2.05) is 48.5 Å². The number of H-pyrrole nitrogens is 1. The molecule has 0 saturated heterocycles. The third-order valence-electron chi connectivity index (χ3n) is 6.81. The number of carbonyl (C=O) groups excluding carboxylic acids is 1. The zero-order chi connectivity index (χ0) is 23.4. The van der Waals surface area contributed by atoms with Gasteiger partial charge in [0.25, 0.3) is 0 Å². The largest absolute Gasteiger partial charge is 0.337 e. The van der Waals surface area contributed by atoms with E-state index < -0.39 is 0 Å². The highest BCUT2D eigenvalue weighted by atomic mass is 16.1. The summed E-state index contributed by atoms with van der Waals surface area (Å²) >= 11 is 0. The topological polar surface area (TPSA) is 45.8 Å². The molecule has 3 heteroatoms. The van der Waals surface area contributed by atoms with Crippen molar-refractivity contribution in [3.8, 4) is 45.0 Å². The minimum atomic E-state index is 0.0727. The molecule has 1 heterocycles. The van der Waals surface area contributed by atoms with Crippen molar-refractivity contribution in [1.82, 2.24) is 9.97 Å². The van der Waals surface area contributed by atoms with Gasteiger partial charge in [0.2, 0.25) is 0 Å². The molecule has 0 unspecified atom stereocenters. The Kier molecular flexibility index (Phi) is 4.30. The Morgan fingerprint density at radius 2 is 1.23 bits per heavy atom. The number of aromatic nitrogens is 2. The van der Waals surface area contributed by atoms with Gasteiger partial charge in [-0.25, -0.2) is 4.98 Å². The van der Waals surface area contributed by atoms with Gasteiger partial charge in [-0.05, 0) is 28.0 Å². The highest BCUT2D eigenvalue weighted by Crippen LogP contribution is 2.41. The number of rotatable bonds is 3. The molecule has 3 nitrogen and oxygen atoms in total. The summed E-state index contributed by atoms with van der Waals surface area (Å²) in [6.07, 6.45) is 0. The number of ketones is 1. The van der Waals surface area contributed by atoms with Crippen molar-refractivity contribution < 1.29 is 4.79 Å². The summed E-state index contributed by atoms with van der Waals surface area (Å²) in [4.78, 5) is 21.9. The summed E-state index contributed by atoms with van der Waals surface area (Å²) in [6.45, 7) is 0. The normalized spacial score (nSPS) is 12.1. The van der Waals surface area contributed by atoms with Gasteiger partial charge >= 0.3 is 0 Å². The minimum Gasteiger partial charge on any atom is -0.337 e. The van der Waals surface area contributed by atoms with Gasteiger partial charge in [0.15, 0.2) is 5.78 Å². The lowest BCUT2D eigenvalue weighted by atomic mass is 9.99. The van der Waals surface area contributed by atoms with E-state index >= 15 is 0 Å². The molecule has 164 valence electrons. The number of hydrogen-bond donors (Lipinski definition) is 1. The van der Waals surface area contributed by atoms with Crippen molar-refractivity contribution in [2.24, 2.45) is 0 Å². The predicted molar refractivity (Wildman–Crippen MR) is 141 cm³/mol. The SMILES string of the molecule is O=C1c2ccccc2-c2ccc(-c3nc(-c4cccc5ccccc45)[nH]c3-c3ccccc3)cc21. The third kappa shape index (κ3) is 3.06. The van der Waals surface area contributed by atoms with Crippen molar-refractivity contribution in [3.05, 3.63) is 126 Å². The zero-order valence-electron chi connectivity index (χ0n) is 18.8. The van der Waals surface area contributed by atoms with Crippen molar-refractivity contribution in [2.75, 3.05) is 0 Å². The van der Waals surface area contributed by atoms with Crippen LogP contribution < -0.4 is 0 Å². The van der Waals surface area contributed by atoms with Crippen LogP contribution in [0.25, 0.3) is 55.8 Å². The average molecular weight is 449 g/mol. The molecule has 0 atom stereocenters. The number of fused-ring (bicyclic) bond motifs is 4. The molecule has 5 aromatic carbocycles. The highest BCUT2D eigenvalue weighted by molar-refractivity contribution is 6.22. The maximum absolute atomic E-state index is 13.2. The molecule has 1 aliphatic carbocycles. The fourth-order valence-electron chi connectivity index (χ4n) is 5.13. The second-order valence-electron chi connectivity index (χ2n) is 8.84. The van der Waals surface area contributed by atoms with Gasteiger partial charge in [-0.3, -0.25) is 4.79 Å². The summed E-state index contributed by atoms with van der Waals surface area (Å²) in [7, 11) is 0. The Labute approximate surface area is 202 Å². The Hall–Kier alpha value is -4.76. The van der Waals surface area contributed by atoms with Crippen LogP contribution in [0.1, 0.15) is 15.9 Å². The van der Waals surface area contributed by atoms with Crippen LogP contribution in [-0.2, 0) is 0 Å². The van der Waals surface area contributed by atoms with E-state index in [9.17, 15) is 4.79 Å². The van der Waals surface area contributed by atoms with Crippen LogP contribution >= 0.6 is 0 Å². The Bertz CT molecular complexity index is 1760. The fourth-order valence-corrected chi connectivity index (χ4v) is 5.13. The standard InChI is InChI=1S/C32H20N2O/c35-31-26-15-7-6-14-24(26)25-18-17-22(19-28(25)31)30-29(21-10-2-1-3-11-21)33-32(34-30)27-16-8-12-20-9-4-5-13-23(20)27/h1-19H,(H,33,34). The summed E-state index contributed by atoms with van der Waals surface area (Å²) in [5.74, 6) is 0.884. The van der Waals surface area contributed by atoms with Crippen LogP contribution in [0.15, 0.2) is 115 Å². The molecule has 35 heavy (non-hydrogen) atoms. The van der Waals surface area contributed by atoms with Gasteiger partial charge in [-0.2, -0.15) is 0 Å².